The zero-order valence-corrected chi connectivity index (χ0v) is 25.9. The molecule has 2 aromatic heterocycles. The molecule has 2 aromatic carbocycles. The van der Waals surface area contributed by atoms with Crippen LogP contribution in [-0.2, 0) is 38.7 Å². The number of carbonyl (C=O) groups is 1. The molecule has 0 saturated heterocycles. The number of aromatic nitrogens is 1. The summed E-state index contributed by atoms with van der Waals surface area (Å²) in [6, 6.07) is 8.88. The maximum absolute atomic E-state index is 13.8. The molecule has 4 rings (SSSR count). The molecule has 0 radical (unpaired) electrons. The summed E-state index contributed by atoms with van der Waals surface area (Å²) in [5.41, 5.74) is 1.25. The number of sulfonamides is 1. The summed E-state index contributed by atoms with van der Waals surface area (Å²) in [6.45, 7) is 8.28. The van der Waals surface area contributed by atoms with Crippen molar-refractivity contribution in [1.29, 1.82) is 0 Å². The molecular weight excluding hydrogens is 589 g/mol. The number of ether oxygens (including phenoxy) is 2. The molecule has 7 nitrogen and oxygen atoms in total. The van der Waals surface area contributed by atoms with Crippen molar-refractivity contribution in [3.05, 3.63) is 59.3 Å². The van der Waals surface area contributed by atoms with Gasteiger partial charge in [-0.25, -0.2) is 8.42 Å². The average molecular weight is 625 g/mol. The van der Waals surface area contributed by atoms with Crippen LogP contribution >= 0.6 is 11.3 Å². The van der Waals surface area contributed by atoms with Gasteiger partial charge in [0.1, 0.15) is 16.1 Å². The van der Waals surface area contributed by atoms with Crippen molar-refractivity contribution in [2.75, 3.05) is 20.2 Å². The molecule has 2 heterocycles. The average Bonchev–Trinajstić information content (AvgIpc) is 3.44. The number of rotatable bonds is 12. The van der Waals surface area contributed by atoms with E-state index in [0.717, 1.165) is 52.9 Å². The summed E-state index contributed by atoms with van der Waals surface area (Å²) in [6.07, 6.45) is -1.52. The number of alkyl halides is 3. The minimum absolute atomic E-state index is 0.0365. The first-order valence-corrected chi connectivity index (χ1v) is 16.0. The van der Waals surface area contributed by atoms with Gasteiger partial charge in [-0.2, -0.15) is 17.5 Å². The fourth-order valence-electron chi connectivity index (χ4n) is 5.07. The van der Waals surface area contributed by atoms with Gasteiger partial charge in [0.2, 0.25) is 0 Å². The first-order valence-electron chi connectivity index (χ1n) is 13.8. The third-order valence-electron chi connectivity index (χ3n) is 7.03. The van der Waals surface area contributed by atoms with Crippen LogP contribution in [-0.4, -0.2) is 49.6 Å². The maximum Gasteiger partial charge on any atom is 0.416 e. The lowest BCUT2D eigenvalue weighted by atomic mass is 10.1. The molecule has 0 bridgehead atoms. The molecule has 0 aliphatic carbocycles. The van der Waals surface area contributed by atoms with E-state index in [0.29, 0.717) is 22.4 Å². The minimum Gasteiger partial charge on any atom is -0.489 e. The molecule has 228 valence electrons. The number of esters is 1. The van der Waals surface area contributed by atoms with E-state index in [1.54, 1.807) is 19.9 Å². The van der Waals surface area contributed by atoms with Crippen molar-refractivity contribution in [2.24, 2.45) is 0 Å². The lowest BCUT2D eigenvalue weighted by Crippen LogP contribution is -2.39. The SMILES string of the molecule is CCCN(CC(C)Oc1ccc2c(CC(=O)OC)cn(CCC)c2c1)S(=O)(=O)c1sc2ccc(C(F)(F)F)cc2c1C. The molecule has 0 N–H and O–H groups in total. The molecule has 1 unspecified atom stereocenters. The Kier molecular flexibility index (Phi) is 9.58. The summed E-state index contributed by atoms with van der Waals surface area (Å²) in [4.78, 5) is 11.9. The van der Waals surface area contributed by atoms with E-state index >= 15 is 0 Å². The topological polar surface area (TPSA) is 77.8 Å². The second-order valence-corrected chi connectivity index (χ2v) is 13.5. The van der Waals surface area contributed by atoms with Gasteiger partial charge in [0.15, 0.2) is 0 Å². The Balaban J connectivity index is 1.59. The minimum atomic E-state index is -4.52. The number of thiophene rings is 1. The number of benzene rings is 2. The Morgan fingerprint density at radius 1 is 1.10 bits per heavy atom. The molecule has 0 saturated carbocycles. The van der Waals surface area contributed by atoms with Gasteiger partial charge in [-0.3, -0.25) is 4.79 Å². The Morgan fingerprint density at radius 2 is 1.83 bits per heavy atom. The lowest BCUT2D eigenvalue weighted by Gasteiger charge is -2.25. The third-order valence-corrected chi connectivity index (χ3v) is 10.8. The highest BCUT2D eigenvalue weighted by molar-refractivity contribution is 7.91. The number of aryl methyl sites for hydroxylation is 2. The molecule has 0 fully saturated rings. The molecule has 0 aliphatic rings. The quantitative estimate of drug-likeness (QED) is 0.156. The van der Waals surface area contributed by atoms with E-state index in [4.69, 9.17) is 9.47 Å². The Hall–Kier alpha value is -3.09. The summed E-state index contributed by atoms with van der Waals surface area (Å²) in [5.74, 6) is 0.230. The van der Waals surface area contributed by atoms with E-state index in [-0.39, 0.29) is 35.1 Å². The van der Waals surface area contributed by atoms with E-state index in [1.165, 1.54) is 17.5 Å². The second-order valence-electron chi connectivity index (χ2n) is 10.3. The van der Waals surface area contributed by atoms with E-state index in [9.17, 15) is 26.4 Å². The zero-order chi connectivity index (χ0) is 30.8. The Morgan fingerprint density at radius 3 is 2.48 bits per heavy atom. The largest absolute Gasteiger partial charge is 0.489 e. The van der Waals surface area contributed by atoms with Crippen LogP contribution in [0, 0.1) is 6.92 Å². The van der Waals surface area contributed by atoms with Crippen molar-refractivity contribution in [2.45, 2.75) is 70.0 Å². The standard InChI is InChI=1S/C30H35F3N2O5S2/c1-6-12-34-18-21(14-28(36)39-5)24-10-9-23(16-26(24)34)40-19(3)17-35(13-7-2)42(37,38)29-20(4)25-15-22(30(31,32)33)8-11-27(25)41-29/h8-11,15-16,18-19H,6-7,12-14,17H2,1-5H3. The number of nitrogens with zero attached hydrogens (tertiary/aromatic N) is 2. The van der Waals surface area contributed by atoms with E-state index in [1.807, 2.05) is 25.3 Å². The number of halogens is 3. The van der Waals surface area contributed by atoms with Gasteiger partial charge in [0.25, 0.3) is 10.0 Å². The van der Waals surface area contributed by atoms with E-state index < -0.39 is 27.9 Å². The zero-order valence-electron chi connectivity index (χ0n) is 24.2. The van der Waals surface area contributed by atoms with Gasteiger partial charge < -0.3 is 14.0 Å². The van der Waals surface area contributed by atoms with Crippen molar-refractivity contribution < 1.29 is 35.9 Å². The van der Waals surface area contributed by atoms with Crippen LogP contribution in [0.5, 0.6) is 5.75 Å². The van der Waals surface area contributed by atoms with Crippen LogP contribution < -0.4 is 4.74 Å². The number of carbonyl (C=O) groups excluding carboxylic acids is 1. The van der Waals surface area contributed by atoms with Gasteiger partial charge in [-0.15, -0.1) is 11.3 Å². The smallest absolute Gasteiger partial charge is 0.416 e. The Labute approximate surface area is 247 Å². The molecule has 42 heavy (non-hydrogen) atoms. The fraction of sp³-hybridized carbons (Fsp3) is 0.433. The molecule has 0 amide bonds. The van der Waals surface area contributed by atoms with Crippen LogP contribution in [0.25, 0.3) is 21.0 Å². The normalized spacial score (nSPS) is 13.3. The van der Waals surface area contributed by atoms with Gasteiger partial charge >= 0.3 is 12.1 Å². The van der Waals surface area contributed by atoms with Crippen LogP contribution in [0.3, 0.4) is 0 Å². The molecule has 0 aliphatic heterocycles. The summed E-state index contributed by atoms with van der Waals surface area (Å²) in [7, 11) is -2.65. The Bertz CT molecular complexity index is 1690. The maximum atomic E-state index is 13.8. The van der Waals surface area contributed by atoms with Crippen molar-refractivity contribution in [1.82, 2.24) is 8.87 Å². The highest BCUT2D eigenvalue weighted by atomic mass is 32.2. The first kappa shape index (κ1) is 31.8. The number of fused-ring (bicyclic) bond motifs is 2. The van der Waals surface area contributed by atoms with Gasteiger partial charge in [0, 0.05) is 35.4 Å². The molecule has 0 spiro atoms. The van der Waals surface area contributed by atoms with Crippen LogP contribution in [0.15, 0.2) is 46.8 Å². The first-order chi connectivity index (χ1) is 19.8. The number of methoxy groups -OCH3 is 1. The van der Waals surface area contributed by atoms with Crippen LogP contribution in [0.2, 0.25) is 0 Å². The van der Waals surface area contributed by atoms with Gasteiger partial charge in [-0.05, 0) is 73.5 Å². The third kappa shape index (κ3) is 6.60. The van der Waals surface area contributed by atoms with Crippen molar-refractivity contribution >= 4 is 48.3 Å². The number of hydrogen-bond donors (Lipinski definition) is 0. The highest BCUT2D eigenvalue weighted by Gasteiger charge is 2.33. The van der Waals surface area contributed by atoms with Crippen molar-refractivity contribution in [3.8, 4) is 5.75 Å². The fourth-order valence-corrected chi connectivity index (χ4v) is 8.56. The van der Waals surface area contributed by atoms with Crippen molar-refractivity contribution in [3.63, 3.8) is 0 Å². The van der Waals surface area contributed by atoms with Gasteiger partial charge in [0.05, 0.1) is 31.2 Å². The molecule has 1 atom stereocenters. The summed E-state index contributed by atoms with van der Waals surface area (Å²) >= 11 is 0.978. The van der Waals surface area contributed by atoms with Crippen LogP contribution in [0.4, 0.5) is 13.2 Å². The summed E-state index contributed by atoms with van der Waals surface area (Å²) < 4.78 is 82.4. The predicted octanol–water partition coefficient (Wildman–Crippen LogP) is 7.18. The number of hydrogen-bond acceptors (Lipinski definition) is 6. The lowest BCUT2D eigenvalue weighted by molar-refractivity contribution is -0.140. The molecule has 12 heteroatoms. The molecular formula is C30H35F3N2O5S2. The molecule has 4 aromatic rings. The van der Waals surface area contributed by atoms with E-state index in [2.05, 4.69) is 11.5 Å². The monoisotopic (exact) mass is 624 g/mol. The van der Waals surface area contributed by atoms with Gasteiger partial charge in [-0.1, -0.05) is 13.8 Å². The highest BCUT2D eigenvalue weighted by Crippen LogP contribution is 2.39. The predicted molar refractivity (Wildman–Crippen MR) is 159 cm³/mol. The van der Waals surface area contributed by atoms with Crippen LogP contribution in [0.1, 0.15) is 50.3 Å². The summed E-state index contributed by atoms with van der Waals surface area (Å²) in [5, 5.41) is 1.20. The second kappa shape index (κ2) is 12.6.